The number of para-hydroxylation sites is 1. The number of aromatic nitrogens is 2. The molecule has 176 valence electrons. The Kier molecular flexibility index (Phi) is 6.66. The zero-order chi connectivity index (χ0) is 24.0. The molecule has 1 fully saturated rings. The van der Waals surface area contributed by atoms with E-state index in [0.29, 0.717) is 17.0 Å². The molecule has 3 aromatic carbocycles. The Hall–Kier alpha value is -4.26. The average Bonchev–Trinajstić information content (AvgIpc) is 2.91. The number of anilines is 2. The Bertz CT molecular complexity index is 1270. The van der Waals surface area contributed by atoms with Crippen LogP contribution in [0.25, 0.3) is 11.3 Å². The third-order valence-electron chi connectivity index (χ3n) is 6.06. The summed E-state index contributed by atoms with van der Waals surface area (Å²) >= 11 is 0. The molecule has 0 unspecified atom stereocenters. The van der Waals surface area contributed by atoms with Crippen molar-refractivity contribution in [1.82, 2.24) is 10.2 Å². The molecule has 0 atom stereocenters. The topological polar surface area (TPSA) is 67.3 Å². The van der Waals surface area contributed by atoms with Crippen LogP contribution >= 0.6 is 0 Å². The largest absolute Gasteiger partial charge is 0.457 e. The normalized spacial score (nSPS) is 13.9. The first-order chi connectivity index (χ1) is 17.1. The number of nitrogens with zero attached hydrogens (tertiary/aromatic N) is 3. The van der Waals surface area contributed by atoms with E-state index < -0.39 is 0 Å². The molecule has 0 aliphatic carbocycles. The van der Waals surface area contributed by atoms with E-state index in [1.165, 1.54) is 12.1 Å². The van der Waals surface area contributed by atoms with Gasteiger partial charge < -0.3 is 15.0 Å². The second-order valence-electron chi connectivity index (χ2n) is 8.48. The summed E-state index contributed by atoms with van der Waals surface area (Å²) in [6.07, 6.45) is 1.46. The Morgan fingerprint density at radius 2 is 1.60 bits per heavy atom. The molecule has 1 aliphatic rings. The van der Waals surface area contributed by atoms with Gasteiger partial charge in [0.05, 0.1) is 5.69 Å². The molecule has 1 aliphatic heterocycles. The molecular weight excluding hydrogens is 443 g/mol. The van der Waals surface area contributed by atoms with Crippen LogP contribution < -0.4 is 15.0 Å². The minimum atomic E-state index is -0.301. The molecule has 2 heterocycles. The summed E-state index contributed by atoms with van der Waals surface area (Å²) in [6, 6.07) is 27.0. The Morgan fingerprint density at radius 3 is 2.29 bits per heavy atom. The molecule has 1 amide bonds. The number of benzene rings is 3. The van der Waals surface area contributed by atoms with Crippen molar-refractivity contribution in [3.05, 3.63) is 96.8 Å². The molecule has 7 heteroatoms. The van der Waals surface area contributed by atoms with Crippen LogP contribution in [0.5, 0.6) is 11.5 Å². The van der Waals surface area contributed by atoms with Gasteiger partial charge in [0.2, 0.25) is 5.91 Å². The zero-order valence-corrected chi connectivity index (χ0v) is 19.1. The Morgan fingerprint density at radius 1 is 0.857 bits per heavy atom. The van der Waals surface area contributed by atoms with E-state index in [2.05, 4.69) is 20.4 Å². The van der Waals surface area contributed by atoms with Crippen molar-refractivity contribution in [1.29, 1.82) is 0 Å². The lowest BCUT2D eigenvalue weighted by atomic mass is 9.95. The molecule has 5 rings (SSSR count). The van der Waals surface area contributed by atoms with Gasteiger partial charge in [-0.15, -0.1) is 10.2 Å². The van der Waals surface area contributed by atoms with Crippen LogP contribution in [0.15, 0.2) is 91.0 Å². The van der Waals surface area contributed by atoms with Gasteiger partial charge in [0.1, 0.15) is 17.3 Å². The first kappa shape index (κ1) is 22.5. The van der Waals surface area contributed by atoms with Crippen LogP contribution in [0.4, 0.5) is 15.9 Å². The number of nitrogens with one attached hydrogen (secondary N) is 1. The fraction of sp³-hybridized carbons (Fsp3) is 0.179. The quantitative estimate of drug-likeness (QED) is 0.380. The van der Waals surface area contributed by atoms with Crippen LogP contribution in [-0.4, -0.2) is 29.2 Å². The summed E-state index contributed by atoms with van der Waals surface area (Å²) in [5, 5.41) is 11.6. The van der Waals surface area contributed by atoms with Crippen molar-refractivity contribution in [2.24, 2.45) is 5.92 Å². The van der Waals surface area contributed by atoms with Gasteiger partial charge in [-0.05, 0) is 73.5 Å². The summed E-state index contributed by atoms with van der Waals surface area (Å²) in [6.45, 7) is 1.44. The standard InChI is InChI=1S/C28H25FN4O2/c29-22-6-4-5-21(19-22)26-13-14-27(32-31-26)33-17-15-20(16-18-33)28(34)30-23-9-11-25(12-10-23)35-24-7-2-1-3-8-24/h1-14,19-20H,15-18H2,(H,30,34). The van der Waals surface area contributed by atoms with Crippen LogP contribution in [-0.2, 0) is 4.79 Å². The first-order valence-electron chi connectivity index (χ1n) is 11.6. The number of carbonyl (C=O) groups excluding carboxylic acids is 1. The first-order valence-corrected chi connectivity index (χ1v) is 11.6. The summed E-state index contributed by atoms with van der Waals surface area (Å²) in [5.41, 5.74) is 2.07. The second kappa shape index (κ2) is 10.3. The van der Waals surface area contributed by atoms with Crippen molar-refractivity contribution < 1.29 is 13.9 Å². The van der Waals surface area contributed by atoms with E-state index in [1.54, 1.807) is 12.1 Å². The highest BCUT2D eigenvalue weighted by Crippen LogP contribution is 2.26. The summed E-state index contributed by atoms with van der Waals surface area (Å²) in [4.78, 5) is 14.9. The number of hydrogen-bond acceptors (Lipinski definition) is 5. The Balaban J connectivity index is 1.13. The van der Waals surface area contributed by atoms with Gasteiger partial charge in [-0.3, -0.25) is 4.79 Å². The van der Waals surface area contributed by atoms with Gasteiger partial charge in [0, 0.05) is 30.3 Å². The third-order valence-corrected chi connectivity index (χ3v) is 6.06. The maximum Gasteiger partial charge on any atom is 0.227 e. The van der Waals surface area contributed by atoms with Crippen LogP contribution in [0.2, 0.25) is 0 Å². The fourth-order valence-electron chi connectivity index (χ4n) is 4.14. The molecule has 1 saturated heterocycles. The van der Waals surface area contributed by atoms with Gasteiger partial charge in [-0.2, -0.15) is 0 Å². The average molecular weight is 469 g/mol. The van der Waals surface area contributed by atoms with Crippen LogP contribution in [0.3, 0.4) is 0 Å². The maximum atomic E-state index is 13.5. The van der Waals surface area contributed by atoms with Crippen molar-refractivity contribution in [2.75, 3.05) is 23.3 Å². The van der Waals surface area contributed by atoms with E-state index in [0.717, 1.165) is 43.2 Å². The summed E-state index contributed by atoms with van der Waals surface area (Å²) in [5.74, 6) is 1.90. The van der Waals surface area contributed by atoms with E-state index in [9.17, 15) is 9.18 Å². The number of halogens is 1. The molecule has 6 nitrogen and oxygen atoms in total. The monoisotopic (exact) mass is 468 g/mol. The van der Waals surface area contributed by atoms with Crippen molar-refractivity contribution in [3.63, 3.8) is 0 Å². The number of carbonyl (C=O) groups is 1. The molecule has 35 heavy (non-hydrogen) atoms. The van der Waals surface area contributed by atoms with Gasteiger partial charge in [0.15, 0.2) is 5.82 Å². The van der Waals surface area contributed by atoms with E-state index in [1.807, 2.05) is 66.7 Å². The van der Waals surface area contributed by atoms with Crippen molar-refractivity contribution >= 4 is 17.4 Å². The summed E-state index contributed by atoms with van der Waals surface area (Å²) < 4.78 is 19.3. The number of piperidine rings is 1. The highest BCUT2D eigenvalue weighted by atomic mass is 19.1. The predicted octanol–water partition coefficient (Wildman–Crippen LogP) is 5.93. The smallest absolute Gasteiger partial charge is 0.227 e. The zero-order valence-electron chi connectivity index (χ0n) is 19.1. The Labute approximate surface area is 203 Å². The summed E-state index contributed by atoms with van der Waals surface area (Å²) in [7, 11) is 0. The number of hydrogen-bond donors (Lipinski definition) is 1. The van der Waals surface area contributed by atoms with Gasteiger partial charge >= 0.3 is 0 Å². The third kappa shape index (κ3) is 5.63. The number of amides is 1. The molecule has 0 bridgehead atoms. The number of ether oxygens (including phenoxy) is 1. The molecule has 1 N–H and O–H groups in total. The van der Waals surface area contributed by atoms with Crippen molar-refractivity contribution in [3.8, 4) is 22.8 Å². The molecule has 0 saturated carbocycles. The van der Waals surface area contributed by atoms with Crippen molar-refractivity contribution in [2.45, 2.75) is 12.8 Å². The minimum absolute atomic E-state index is 0.0221. The van der Waals surface area contributed by atoms with E-state index >= 15 is 0 Å². The van der Waals surface area contributed by atoms with Crippen LogP contribution in [0, 0.1) is 11.7 Å². The molecular formula is C28H25FN4O2. The highest BCUT2D eigenvalue weighted by Gasteiger charge is 2.26. The number of rotatable bonds is 6. The minimum Gasteiger partial charge on any atom is -0.457 e. The highest BCUT2D eigenvalue weighted by molar-refractivity contribution is 5.92. The van der Waals surface area contributed by atoms with Gasteiger partial charge in [-0.25, -0.2) is 4.39 Å². The van der Waals surface area contributed by atoms with Crippen LogP contribution in [0.1, 0.15) is 12.8 Å². The lowest BCUT2D eigenvalue weighted by Crippen LogP contribution is -2.38. The molecule has 4 aromatic rings. The predicted molar refractivity (Wildman–Crippen MR) is 134 cm³/mol. The van der Waals surface area contributed by atoms with E-state index in [4.69, 9.17) is 4.74 Å². The second-order valence-corrected chi connectivity index (χ2v) is 8.48. The van der Waals surface area contributed by atoms with Gasteiger partial charge in [-0.1, -0.05) is 30.3 Å². The van der Waals surface area contributed by atoms with Gasteiger partial charge in [0.25, 0.3) is 0 Å². The van der Waals surface area contributed by atoms with E-state index in [-0.39, 0.29) is 17.6 Å². The maximum absolute atomic E-state index is 13.5. The fourth-order valence-corrected chi connectivity index (χ4v) is 4.14. The lowest BCUT2D eigenvalue weighted by Gasteiger charge is -2.31. The molecule has 0 spiro atoms. The molecule has 0 radical (unpaired) electrons. The SMILES string of the molecule is O=C(Nc1ccc(Oc2ccccc2)cc1)C1CCN(c2ccc(-c3cccc(F)c3)nn2)CC1. The lowest BCUT2D eigenvalue weighted by molar-refractivity contribution is -0.120. The molecule has 1 aromatic heterocycles.